The molecule has 0 spiro atoms. The summed E-state index contributed by atoms with van der Waals surface area (Å²) in [6.07, 6.45) is 8.73. The van der Waals surface area contributed by atoms with Crippen molar-refractivity contribution in [2.24, 2.45) is 0 Å². The SMILES string of the molecule is C=C/C=C\C=C\S(=O)/C=C/C. The van der Waals surface area contributed by atoms with Crippen LogP contribution in [0.25, 0.3) is 0 Å². The molecule has 0 fully saturated rings. The van der Waals surface area contributed by atoms with Crippen molar-refractivity contribution < 1.29 is 4.21 Å². The van der Waals surface area contributed by atoms with E-state index in [0.29, 0.717) is 0 Å². The molecule has 0 aromatic rings. The van der Waals surface area contributed by atoms with Gasteiger partial charge in [0.2, 0.25) is 0 Å². The van der Waals surface area contributed by atoms with Gasteiger partial charge in [0, 0.05) is 10.8 Å². The number of hydrogen-bond acceptors (Lipinski definition) is 1. The number of allylic oxidation sites excluding steroid dienone is 5. The van der Waals surface area contributed by atoms with Crippen LogP contribution in [-0.2, 0) is 10.8 Å². The lowest BCUT2D eigenvalue weighted by Crippen LogP contribution is -1.72. The highest BCUT2D eigenvalue weighted by molar-refractivity contribution is 7.90. The lowest BCUT2D eigenvalue weighted by atomic mass is 10.5. The molecule has 1 unspecified atom stereocenters. The highest BCUT2D eigenvalue weighted by atomic mass is 32.2. The van der Waals surface area contributed by atoms with Crippen molar-refractivity contribution in [2.45, 2.75) is 6.92 Å². The number of rotatable bonds is 4. The van der Waals surface area contributed by atoms with E-state index in [-0.39, 0.29) is 0 Å². The lowest BCUT2D eigenvalue weighted by Gasteiger charge is -1.79. The maximum absolute atomic E-state index is 10.9. The minimum Gasteiger partial charge on any atom is -0.250 e. The van der Waals surface area contributed by atoms with Gasteiger partial charge in [-0.05, 0) is 6.92 Å². The van der Waals surface area contributed by atoms with Crippen molar-refractivity contribution in [3.63, 3.8) is 0 Å². The molecule has 0 aliphatic rings. The zero-order valence-electron chi connectivity index (χ0n) is 6.57. The third-order valence-electron chi connectivity index (χ3n) is 0.841. The Hall–Kier alpha value is -0.890. The monoisotopic (exact) mass is 168 g/mol. The summed E-state index contributed by atoms with van der Waals surface area (Å²) in [4.78, 5) is 0. The normalized spacial score (nSPS) is 15.0. The van der Waals surface area contributed by atoms with E-state index < -0.39 is 10.8 Å². The van der Waals surface area contributed by atoms with Gasteiger partial charge in [0.05, 0.1) is 10.8 Å². The fourth-order valence-corrected chi connectivity index (χ4v) is 1.05. The molecular weight excluding hydrogens is 156 g/mol. The summed E-state index contributed by atoms with van der Waals surface area (Å²) in [6.45, 7) is 5.34. The third kappa shape index (κ3) is 7.00. The average molecular weight is 168 g/mol. The van der Waals surface area contributed by atoms with Crippen LogP contribution in [0.15, 0.2) is 47.8 Å². The Bertz CT molecular complexity index is 212. The molecule has 0 bridgehead atoms. The highest BCUT2D eigenvalue weighted by Gasteiger charge is 1.79. The molecule has 0 saturated heterocycles. The summed E-state index contributed by atoms with van der Waals surface area (Å²) in [6, 6.07) is 0. The first-order chi connectivity index (χ1) is 5.31. The van der Waals surface area contributed by atoms with Crippen LogP contribution < -0.4 is 0 Å². The van der Waals surface area contributed by atoms with Gasteiger partial charge in [-0.2, -0.15) is 0 Å². The molecule has 0 saturated carbocycles. The summed E-state index contributed by atoms with van der Waals surface area (Å²) < 4.78 is 10.9. The van der Waals surface area contributed by atoms with Gasteiger partial charge in [0.1, 0.15) is 0 Å². The highest BCUT2D eigenvalue weighted by Crippen LogP contribution is 1.88. The molecule has 0 heterocycles. The van der Waals surface area contributed by atoms with Crippen LogP contribution in [0.4, 0.5) is 0 Å². The van der Waals surface area contributed by atoms with E-state index >= 15 is 0 Å². The van der Waals surface area contributed by atoms with Gasteiger partial charge in [-0.15, -0.1) is 0 Å². The van der Waals surface area contributed by atoms with Crippen molar-refractivity contribution in [2.75, 3.05) is 0 Å². The molecule has 0 aromatic heterocycles. The van der Waals surface area contributed by atoms with E-state index in [1.807, 2.05) is 6.92 Å². The zero-order valence-corrected chi connectivity index (χ0v) is 7.38. The molecule has 11 heavy (non-hydrogen) atoms. The van der Waals surface area contributed by atoms with E-state index in [2.05, 4.69) is 6.58 Å². The predicted molar refractivity (Wildman–Crippen MR) is 51.4 cm³/mol. The van der Waals surface area contributed by atoms with Crippen molar-refractivity contribution in [3.8, 4) is 0 Å². The van der Waals surface area contributed by atoms with Crippen LogP contribution in [0, 0.1) is 0 Å². The van der Waals surface area contributed by atoms with E-state index in [9.17, 15) is 4.21 Å². The van der Waals surface area contributed by atoms with E-state index in [4.69, 9.17) is 0 Å². The maximum Gasteiger partial charge on any atom is 0.0698 e. The molecule has 1 nitrogen and oxygen atoms in total. The summed E-state index contributed by atoms with van der Waals surface area (Å²) >= 11 is 0. The van der Waals surface area contributed by atoms with Crippen LogP contribution >= 0.6 is 0 Å². The van der Waals surface area contributed by atoms with E-state index in [1.165, 1.54) is 0 Å². The molecule has 2 heteroatoms. The Morgan fingerprint density at radius 1 is 1.18 bits per heavy atom. The molecular formula is C9H12OS. The van der Waals surface area contributed by atoms with E-state index in [1.54, 1.807) is 41.2 Å². The standard InChI is InChI=1S/C9H12OS/c1-3-5-6-7-9-11(10)8-4-2/h3-9H,1H2,2H3/b6-5-,8-4+,9-7+. The molecule has 0 radical (unpaired) electrons. The molecule has 1 atom stereocenters. The third-order valence-corrected chi connectivity index (χ3v) is 1.81. The number of hydrogen-bond donors (Lipinski definition) is 0. The first-order valence-corrected chi connectivity index (χ1v) is 4.57. The van der Waals surface area contributed by atoms with Gasteiger partial charge < -0.3 is 0 Å². The summed E-state index contributed by atoms with van der Waals surface area (Å²) in [5.74, 6) is 0. The molecule has 0 N–H and O–H groups in total. The Morgan fingerprint density at radius 3 is 2.45 bits per heavy atom. The van der Waals surface area contributed by atoms with Gasteiger partial charge in [0.15, 0.2) is 0 Å². The quantitative estimate of drug-likeness (QED) is 0.589. The van der Waals surface area contributed by atoms with Gasteiger partial charge in [0.25, 0.3) is 0 Å². The van der Waals surface area contributed by atoms with Crippen LogP contribution in [0.5, 0.6) is 0 Å². The lowest BCUT2D eigenvalue weighted by molar-refractivity contribution is 0.693. The van der Waals surface area contributed by atoms with Crippen LogP contribution in [0.1, 0.15) is 6.92 Å². The van der Waals surface area contributed by atoms with Crippen molar-refractivity contribution >= 4 is 10.8 Å². The summed E-state index contributed by atoms with van der Waals surface area (Å²) in [7, 11) is -0.970. The van der Waals surface area contributed by atoms with Crippen LogP contribution in [0.2, 0.25) is 0 Å². The molecule has 0 amide bonds. The van der Waals surface area contributed by atoms with Crippen molar-refractivity contribution in [1.29, 1.82) is 0 Å². The van der Waals surface area contributed by atoms with Gasteiger partial charge in [-0.1, -0.05) is 37.0 Å². The van der Waals surface area contributed by atoms with Crippen LogP contribution in [0.3, 0.4) is 0 Å². The Balaban J connectivity index is 3.83. The second kappa shape index (κ2) is 7.22. The van der Waals surface area contributed by atoms with Gasteiger partial charge >= 0.3 is 0 Å². The second-order valence-corrected chi connectivity index (χ2v) is 2.95. The van der Waals surface area contributed by atoms with Gasteiger partial charge in [-0.25, -0.2) is 0 Å². The zero-order chi connectivity index (χ0) is 8.53. The fraction of sp³-hybridized carbons (Fsp3) is 0.111. The average Bonchev–Trinajstić information content (AvgIpc) is 1.99. The Labute approximate surface area is 70.3 Å². The van der Waals surface area contributed by atoms with Crippen molar-refractivity contribution in [1.82, 2.24) is 0 Å². The molecule has 0 aliphatic heterocycles. The first-order valence-electron chi connectivity index (χ1n) is 3.29. The minimum absolute atomic E-state index is 0.970. The molecule has 60 valence electrons. The Kier molecular flexibility index (Phi) is 6.64. The van der Waals surface area contributed by atoms with Crippen LogP contribution in [-0.4, -0.2) is 4.21 Å². The second-order valence-electron chi connectivity index (χ2n) is 1.75. The van der Waals surface area contributed by atoms with Crippen molar-refractivity contribution in [3.05, 3.63) is 47.8 Å². The summed E-state index contributed by atoms with van der Waals surface area (Å²) in [5.41, 5.74) is 0. The van der Waals surface area contributed by atoms with Gasteiger partial charge in [-0.3, -0.25) is 4.21 Å². The maximum atomic E-state index is 10.9. The fourth-order valence-electron chi connectivity index (χ4n) is 0.445. The smallest absolute Gasteiger partial charge is 0.0698 e. The molecule has 0 aromatic carbocycles. The van der Waals surface area contributed by atoms with E-state index in [0.717, 1.165) is 0 Å². The minimum atomic E-state index is -0.970. The first kappa shape index (κ1) is 10.1. The Morgan fingerprint density at radius 2 is 1.91 bits per heavy atom. The topological polar surface area (TPSA) is 17.1 Å². The largest absolute Gasteiger partial charge is 0.250 e. The predicted octanol–water partition coefficient (Wildman–Crippen LogP) is 2.52. The molecule has 0 aliphatic carbocycles. The summed E-state index contributed by atoms with van der Waals surface area (Å²) in [5, 5.41) is 3.23. The molecule has 0 rings (SSSR count).